The standard InChI is InChI=1S/C27H29N3O5S/c1-7-35-26(32)23-16(2)28-27-30(24(23)20-15-19(33-5)12-13-21(20)34-6)25(31)22(36-27)14-17-8-10-18(11-9-17)29(3)4/h8-15,24H,7H2,1-6H3/b22-14+/t24-/m0/s1. The van der Waals surface area contributed by atoms with Crippen molar-refractivity contribution >= 4 is 29.1 Å². The second-order valence-electron chi connectivity index (χ2n) is 8.40. The summed E-state index contributed by atoms with van der Waals surface area (Å²) in [5, 5.41) is 0. The van der Waals surface area contributed by atoms with Crippen LogP contribution in [0.15, 0.2) is 63.5 Å². The van der Waals surface area contributed by atoms with E-state index in [0.717, 1.165) is 11.3 Å². The van der Waals surface area contributed by atoms with Crippen LogP contribution in [0.5, 0.6) is 11.5 Å². The van der Waals surface area contributed by atoms with Gasteiger partial charge in [0.05, 0.1) is 36.6 Å². The molecule has 0 N–H and O–H groups in total. The number of carbonyl (C=O) groups is 1. The lowest BCUT2D eigenvalue weighted by Gasteiger charge is -2.26. The molecular formula is C27H29N3O5S. The molecule has 8 nitrogen and oxygen atoms in total. The zero-order valence-electron chi connectivity index (χ0n) is 21.2. The maximum Gasteiger partial charge on any atom is 0.338 e. The molecular weight excluding hydrogens is 478 g/mol. The summed E-state index contributed by atoms with van der Waals surface area (Å²) in [4.78, 5) is 34.0. The summed E-state index contributed by atoms with van der Waals surface area (Å²) in [6.45, 7) is 3.69. The highest BCUT2D eigenvalue weighted by atomic mass is 32.1. The van der Waals surface area contributed by atoms with Gasteiger partial charge in [-0.05, 0) is 55.8 Å². The molecule has 3 aromatic rings. The predicted octanol–water partition coefficient (Wildman–Crippen LogP) is 2.88. The van der Waals surface area contributed by atoms with Crippen LogP contribution in [0.1, 0.15) is 31.0 Å². The number of ether oxygens (including phenoxy) is 3. The number of anilines is 1. The van der Waals surface area contributed by atoms with Crippen molar-refractivity contribution in [1.82, 2.24) is 4.57 Å². The Hall–Kier alpha value is -3.85. The zero-order valence-corrected chi connectivity index (χ0v) is 22.0. The first-order chi connectivity index (χ1) is 17.3. The smallest absolute Gasteiger partial charge is 0.338 e. The monoisotopic (exact) mass is 507 g/mol. The van der Waals surface area contributed by atoms with Gasteiger partial charge in [-0.1, -0.05) is 23.5 Å². The Labute approximate surface area is 213 Å². The molecule has 0 unspecified atom stereocenters. The molecule has 1 aromatic heterocycles. The minimum absolute atomic E-state index is 0.199. The average molecular weight is 508 g/mol. The van der Waals surface area contributed by atoms with Crippen LogP contribution in [0.3, 0.4) is 0 Å². The largest absolute Gasteiger partial charge is 0.497 e. The molecule has 9 heteroatoms. The number of hydrogen-bond acceptors (Lipinski definition) is 8. The van der Waals surface area contributed by atoms with Crippen LogP contribution >= 0.6 is 11.3 Å². The van der Waals surface area contributed by atoms with Gasteiger partial charge < -0.3 is 19.1 Å². The van der Waals surface area contributed by atoms with Crippen molar-refractivity contribution < 1.29 is 19.0 Å². The van der Waals surface area contributed by atoms with Gasteiger partial charge in [0, 0.05) is 25.3 Å². The average Bonchev–Trinajstić information content (AvgIpc) is 3.17. The van der Waals surface area contributed by atoms with Gasteiger partial charge in [-0.25, -0.2) is 9.79 Å². The molecule has 1 aliphatic rings. The molecule has 0 saturated carbocycles. The minimum atomic E-state index is -0.788. The van der Waals surface area contributed by atoms with Crippen LogP contribution in [-0.2, 0) is 9.53 Å². The van der Waals surface area contributed by atoms with Crippen molar-refractivity contribution in [3.05, 3.63) is 84.5 Å². The summed E-state index contributed by atoms with van der Waals surface area (Å²) < 4.78 is 18.5. The fourth-order valence-electron chi connectivity index (χ4n) is 4.16. The Morgan fingerprint density at radius 3 is 2.47 bits per heavy atom. The molecule has 2 heterocycles. The second kappa shape index (κ2) is 10.4. The van der Waals surface area contributed by atoms with Crippen molar-refractivity contribution in [3.8, 4) is 11.5 Å². The third-order valence-electron chi connectivity index (χ3n) is 5.96. The summed E-state index contributed by atoms with van der Waals surface area (Å²) in [5.41, 5.74) is 3.09. The third kappa shape index (κ3) is 4.66. The lowest BCUT2D eigenvalue weighted by molar-refractivity contribution is -0.139. The first-order valence-electron chi connectivity index (χ1n) is 11.5. The fraction of sp³-hybridized carbons (Fsp3) is 0.296. The number of hydrogen-bond donors (Lipinski definition) is 0. The molecule has 1 atom stereocenters. The number of nitrogens with zero attached hydrogens (tertiary/aromatic N) is 3. The lowest BCUT2D eigenvalue weighted by atomic mass is 9.94. The van der Waals surface area contributed by atoms with E-state index in [1.54, 1.807) is 50.8 Å². The zero-order chi connectivity index (χ0) is 26.0. The minimum Gasteiger partial charge on any atom is -0.497 e. The van der Waals surface area contributed by atoms with Gasteiger partial charge in [0.15, 0.2) is 4.80 Å². The van der Waals surface area contributed by atoms with Crippen LogP contribution in [0.4, 0.5) is 5.69 Å². The Morgan fingerprint density at radius 2 is 1.86 bits per heavy atom. The molecule has 0 spiro atoms. The SMILES string of the molecule is CCOC(=O)C1=C(C)N=c2s/c(=C/c3ccc(N(C)C)cc3)c(=O)n2[C@H]1c1cc(OC)ccc1OC. The number of thiazole rings is 1. The van der Waals surface area contributed by atoms with E-state index >= 15 is 0 Å². The molecule has 36 heavy (non-hydrogen) atoms. The molecule has 2 aromatic carbocycles. The van der Waals surface area contributed by atoms with E-state index < -0.39 is 12.0 Å². The number of allylic oxidation sites excluding steroid dienone is 1. The van der Waals surface area contributed by atoms with E-state index in [2.05, 4.69) is 4.99 Å². The highest BCUT2D eigenvalue weighted by molar-refractivity contribution is 7.07. The summed E-state index contributed by atoms with van der Waals surface area (Å²) in [6.07, 6.45) is 1.84. The Morgan fingerprint density at radius 1 is 1.14 bits per heavy atom. The topological polar surface area (TPSA) is 82.4 Å². The molecule has 188 valence electrons. The van der Waals surface area contributed by atoms with E-state index in [1.165, 1.54) is 11.3 Å². The van der Waals surface area contributed by atoms with Gasteiger partial charge in [0.2, 0.25) is 0 Å². The van der Waals surface area contributed by atoms with Crippen LogP contribution in [0.25, 0.3) is 6.08 Å². The Kier molecular flexibility index (Phi) is 7.30. The van der Waals surface area contributed by atoms with Gasteiger partial charge >= 0.3 is 5.97 Å². The van der Waals surface area contributed by atoms with Crippen molar-refractivity contribution in [2.45, 2.75) is 19.9 Å². The van der Waals surface area contributed by atoms with Crippen LogP contribution in [0.2, 0.25) is 0 Å². The van der Waals surface area contributed by atoms with Gasteiger partial charge in [0.1, 0.15) is 17.5 Å². The van der Waals surface area contributed by atoms with Crippen LogP contribution < -0.4 is 29.3 Å². The molecule has 4 rings (SSSR count). The van der Waals surface area contributed by atoms with E-state index in [9.17, 15) is 9.59 Å². The Balaban J connectivity index is 1.96. The van der Waals surface area contributed by atoms with E-state index in [-0.39, 0.29) is 17.7 Å². The maximum absolute atomic E-state index is 13.8. The molecule has 0 saturated heterocycles. The number of benzene rings is 2. The summed E-state index contributed by atoms with van der Waals surface area (Å²) in [5.74, 6) is 0.570. The highest BCUT2D eigenvalue weighted by Crippen LogP contribution is 2.37. The lowest BCUT2D eigenvalue weighted by Crippen LogP contribution is -2.40. The van der Waals surface area contributed by atoms with Crippen molar-refractivity contribution in [3.63, 3.8) is 0 Å². The summed E-state index contributed by atoms with van der Waals surface area (Å²) in [7, 11) is 7.06. The molecule has 0 bridgehead atoms. The normalized spacial score (nSPS) is 15.3. The van der Waals surface area contributed by atoms with Crippen molar-refractivity contribution in [2.24, 2.45) is 4.99 Å². The van der Waals surface area contributed by atoms with Crippen LogP contribution in [-0.4, -0.2) is 45.5 Å². The van der Waals surface area contributed by atoms with Gasteiger partial charge in [-0.15, -0.1) is 0 Å². The number of methoxy groups -OCH3 is 2. The van der Waals surface area contributed by atoms with Crippen LogP contribution in [0, 0.1) is 0 Å². The Bertz CT molecular complexity index is 1500. The number of fused-ring (bicyclic) bond motifs is 1. The summed E-state index contributed by atoms with van der Waals surface area (Å²) >= 11 is 1.28. The predicted molar refractivity (Wildman–Crippen MR) is 141 cm³/mol. The molecule has 0 aliphatic carbocycles. The third-order valence-corrected chi connectivity index (χ3v) is 6.94. The van der Waals surface area contributed by atoms with Gasteiger partial charge in [-0.3, -0.25) is 9.36 Å². The first kappa shape index (κ1) is 25.2. The quantitative estimate of drug-likeness (QED) is 0.458. The number of esters is 1. The summed E-state index contributed by atoms with van der Waals surface area (Å²) in [6, 6.07) is 12.4. The molecule has 0 radical (unpaired) electrons. The molecule has 1 aliphatic heterocycles. The number of aromatic nitrogens is 1. The number of rotatable bonds is 7. The van der Waals surface area contributed by atoms with Crippen molar-refractivity contribution in [2.75, 3.05) is 39.8 Å². The molecule has 0 amide bonds. The van der Waals surface area contributed by atoms with Gasteiger partial charge in [0.25, 0.3) is 5.56 Å². The fourth-order valence-corrected chi connectivity index (χ4v) is 5.21. The van der Waals surface area contributed by atoms with Crippen molar-refractivity contribution in [1.29, 1.82) is 0 Å². The van der Waals surface area contributed by atoms with Gasteiger partial charge in [-0.2, -0.15) is 0 Å². The van der Waals surface area contributed by atoms with E-state index in [4.69, 9.17) is 14.2 Å². The maximum atomic E-state index is 13.8. The van der Waals surface area contributed by atoms with E-state index in [0.29, 0.717) is 32.1 Å². The second-order valence-corrected chi connectivity index (χ2v) is 9.41. The first-order valence-corrected chi connectivity index (χ1v) is 12.3. The number of carbonyl (C=O) groups excluding carboxylic acids is 1. The van der Waals surface area contributed by atoms with E-state index in [1.807, 2.05) is 49.3 Å². The molecule has 0 fully saturated rings. The highest BCUT2D eigenvalue weighted by Gasteiger charge is 2.35.